The molecule has 1 aliphatic heterocycles. The summed E-state index contributed by atoms with van der Waals surface area (Å²) in [5.41, 5.74) is 5.19. The van der Waals surface area contributed by atoms with E-state index in [0.717, 1.165) is 0 Å². The number of carbonyl (C=O) groups excluding carboxylic acids is 1. The number of carbonyl (C=O) groups is 2. The summed E-state index contributed by atoms with van der Waals surface area (Å²) in [5.74, 6) is -1.32. The molecule has 1 aromatic carbocycles. The molecule has 1 unspecified atom stereocenters. The molecular formula is C13H15ClN2O3. The monoisotopic (exact) mass is 282 g/mol. The molecule has 1 saturated heterocycles. The molecule has 0 aliphatic carbocycles. The van der Waals surface area contributed by atoms with Gasteiger partial charge in [-0.25, -0.2) is 4.79 Å². The molecule has 19 heavy (non-hydrogen) atoms. The number of nitrogens with two attached hydrogens (primary N) is 1. The number of carboxylic acid groups (broad SMARTS) is 1. The van der Waals surface area contributed by atoms with E-state index in [-0.39, 0.29) is 5.91 Å². The van der Waals surface area contributed by atoms with E-state index < -0.39 is 11.5 Å². The van der Waals surface area contributed by atoms with Crippen LogP contribution in [0.25, 0.3) is 0 Å². The summed E-state index contributed by atoms with van der Waals surface area (Å²) < 4.78 is 0. The van der Waals surface area contributed by atoms with Gasteiger partial charge in [-0.1, -0.05) is 11.6 Å². The van der Waals surface area contributed by atoms with Crippen molar-refractivity contribution >= 4 is 29.2 Å². The van der Waals surface area contributed by atoms with Gasteiger partial charge in [-0.2, -0.15) is 0 Å². The lowest BCUT2D eigenvalue weighted by Crippen LogP contribution is -2.50. The maximum atomic E-state index is 12.4. The molecule has 1 atom stereocenters. The van der Waals surface area contributed by atoms with Crippen LogP contribution in [0.5, 0.6) is 0 Å². The number of hydrogen-bond acceptors (Lipinski definition) is 3. The minimum Gasteiger partial charge on any atom is -0.480 e. The van der Waals surface area contributed by atoms with Gasteiger partial charge in [-0.3, -0.25) is 4.79 Å². The van der Waals surface area contributed by atoms with Crippen molar-refractivity contribution in [1.82, 2.24) is 4.90 Å². The number of benzene rings is 1. The Balaban J connectivity index is 2.33. The molecule has 1 fully saturated rings. The first kappa shape index (κ1) is 13.7. The van der Waals surface area contributed by atoms with Crippen molar-refractivity contribution in [3.8, 4) is 0 Å². The van der Waals surface area contributed by atoms with Crippen molar-refractivity contribution in [2.24, 2.45) is 0 Å². The van der Waals surface area contributed by atoms with Crippen LogP contribution >= 0.6 is 11.6 Å². The molecule has 1 aromatic rings. The summed E-state index contributed by atoms with van der Waals surface area (Å²) in [4.78, 5) is 25.1. The van der Waals surface area contributed by atoms with Gasteiger partial charge in [-0.15, -0.1) is 0 Å². The lowest BCUT2D eigenvalue weighted by Gasteiger charge is -2.31. The van der Waals surface area contributed by atoms with Gasteiger partial charge in [-0.05, 0) is 38.0 Å². The number of halogens is 1. The Labute approximate surface area is 116 Å². The van der Waals surface area contributed by atoms with E-state index >= 15 is 0 Å². The van der Waals surface area contributed by atoms with Crippen molar-refractivity contribution in [1.29, 1.82) is 0 Å². The topological polar surface area (TPSA) is 83.6 Å². The van der Waals surface area contributed by atoms with E-state index in [1.54, 1.807) is 19.1 Å². The molecule has 0 saturated carbocycles. The quantitative estimate of drug-likeness (QED) is 0.813. The lowest BCUT2D eigenvalue weighted by molar-refractivity contribution is -0.147. The molecule has 1 aliphatic rings. The van der Waals surface area contributed by atoms with Gasteiger partial charge in [0.25, 0.3) is 5.91 Å². The van der Waals surface area contributed by atoms with Crippen LogP contribution < -0.4 is 5.73 Å². The van der Waals surface area contributed by atoms with Crippen molar-refractivity contribution in [2.75, 3.05) is 12.3 Å². The Morgan fingerprint density at radius 3 is 2.74 bits per heavy atom. The second kappa shape index (κ2) is 4.74. The Morgan fingerprint density at radius 2 is 2.16 bits per heavy atom. The third-order valence-electron chi connectivity index (χ3n) is 3.59. The molecule has 0 aromatic heterocycles. The fourth-order valence-electron chi connectivity index (χ4n) is 2.33. The number of nitrogen functional groups attached to an aromatic ring is 1. The van der Waals surface area contributed by atoms with Gasteiger partial charge in [0.1, 0.15) is 5.54 Å². The number of nitrogens with zero attached hydrogens (tertiary/aromatic N) is 1. The molecule has 6 heteroatoms. The summed E-state index contributed by atoms with van der Waals surface area (Å²) in [6, 6.07) is 4.58. The fourth-order valence-corrected chi connectivity index (χ4v) is 2.51. The average molecular weight is 283 g/mol. The summed E-state index contributed by atoms with van der Waals surface area (Å²) in [7, 11) is 0. The minimum atomic E-state index is -1.15. The Bertz CT molecular complexity index is 547. The lowest BCUT2D eigenvalue weighted by atomic mass is 9.98. The summed E-state index contributed by atoms with van der Waals surface area (Å²) >= 11 is 5.89. The highest BCUT2D eigenvalue weighted by Crippen LogP contribution is 2.31. The molecule has 102 valence electrons. The number of hydrogen-bond donors (Lipinski definition) is 2. The van der Waals surface area contributed by atoms with Crippen LogP contribution in [-0.2, 0) is 4.79 Å². The van der Waals surface area contributed by atoms with E-state index in [1.807, 2.05) is 0 Å². The van der Waals surface area contributed by atoms with Crippen LogP contribution in [0.3, 0.4) is 0 Å². The smallest absolute Gasteiger partial charge is 0.329 e. The fraction of sp³-hybridized carbons (Fsp3) is 0.385. The highest BCUT2D eigenvalue weighted by molar-refractivity contribution is 6.33. The van der Waals surface area contributed by atoms with E-state index in [1.165, 1.54) is 11.0 Å². The first-order valence-electron chi connectivity index (χ1n) is 5.96. The van der Waals surface area contributed by atoms with Crippen LogP contribution in [0.4, 0.5) is 5.69 Å². The van der Waals surface area contributed by atoms with Crippen LogP contribution in [0.1, 0.15) is 30.1 Å². The van der Waals surface area contributed by atoms with E-state index in [9.17, 15) is 14.7 Å². The largest absolute Gasteiger partial charge is 0.480 e. The average Bonchev–Trinajstić information content (AvgIpc) is 2.75. The van der Waals surface area contributed by atoms with Crippen LogP contribution in [0, 0.1) is 0 Å². The molecule has 3 N–H and O–H groups in total. The number of aliphatic carboxylic acids is 1. The van der Waals surface area contributed by atoms with Gasteiger partial charge in [0.15, 0.2) is 0 Å². The number of carboxylic acids is 1. The highest BCUT2D eigenvalue weighted by atomic mass is 35.5. The number of likely N-dealkylation sites (tertiary alicyclic amines) is 1. The maximum Gasteiger partial charge on any atom is 0.329 e. The third-order valence-corrected chi connectivity index (χ3v) is 3.92. The third kappa shape index (κ3) is 2.26. The Morgan fingerprint density at radius 1 is 1.47 bits per heavy atom. The molecule has 0 bridgehead atoms. The molecule has 0 spiro atoms. The van der Waals surface area contributed by atoms with Crippen LogP contribution in [0.2, 0.25) is 5.02 Å². The molecule has 1 heterocycles. The number of rotatable bonds is 2. The predicted octanol–water partition coefficient (Wildman–Crippen LogP) is 2.00. The van der Waals surface area contributed by atoms with Crippen molar-refractivity contribution < 1.29 is 14.7 Å². The SMILES string of the molecule is CC1(C(=O)O)CCCN1C(=O)c1ccc(N)c(Cl)c1. The van der Waals surface area contributed by atoms with Crippen LogP contribution in [0.15, 0.2) is 18.2 Å². The number of amides is 1. The minimum absolute atomic E-state index is 0.294. The van der Waals surface area contributed by atoms with Gasteiger partial charge < -0.3 is 15.7 Å². The first-order chi connectivity index (χ1) is 8.86. The van der Waals surface area contributed by atoms with Gasteiger partial charge in [0, 0.05) is 12.1 Å². The zero-order chi connectivity index (χ0) is 14.2. The molecule has 1 amide bonds. The molecule has 5 nitrogen and oxygen atoms in total. The summed E-state index contributed by atoms with van der Waals surface area (Å²) in [6.07, 6.45) is 1.13. The number of anilines is 1. The Kier molecular flexibility index (Phi) is 3.41. The van der Waals surface area contributed by atoms with E-state index in [2.05, 4.69) is 0 Å². The highest BCUT2D eigenvalue weighted by Gasteiger charge is 2.46. The van der Waals surface area contributed by atoms with Gasteiger partial charge >= 0.3 is 5.97 Å². The molecule has 0 radical (unpaired) electrons. The molecular weight excluding hydrogens is 268 g/mol. The van der Waals surface area contributed by atoms with E-state index in [4.69, 9.17) is 17.3 Å². The zero-order valence-electron chi connectivity index (χ0n) is 10.5. The second-order valence-corrected chi connectivity index (χ2v) is 5.28. The molecule has 2 rings (SSSR count). The summed E-state index contributed by atoms with van der Waals surface area (Å²) in [6.45, 7) is 2.00. The van der Waals surface area contributed by atoms with E-state index in [0.29, 0.717) is 35.7 Å². The van der Waals surface area contributed by atoms with Gasteiger partial charge in [0.05, 0.1) is 10.7 Å². The van der Waals surface area contributed by atoms with Crippen LogP contribution in [-0.4, -0.2) is 34.0 Å². The van der Waals surface area contributed by atoms with Crippen molar-refractivity contribution in [3.63, 3.8) is 0 Å². The summed E-state index contributed by atoms with van der Waals surface area (Å²) in [5, 5.41) is 9.59. The normalized spacial score (nSPS) is 22.5. The van der Waals surface area contributed by atoms with Crippen molar-refractivity contribution in [3.05, 3.63) is 28.8 Å². The maximum absolute atomic E-state index is 12.4. The van der Waals surface area contributed by atoms with Crippen molar-refractivity contribution in [2.45, 2.75) is 25.3 Å². The predicted molar refractivity (Wildman–Crippen MR) is 72.2 cm³/mol. The second-order valence-electron chi connectivity index (χ2n) is 4.88. The standard InChI is InChI=1S/C13H15ClN2O3/c1-13(12(18)19)5-2-6-16(13)11(17)8-3-4-10(15)9(14)7-8/h3-4,7H,2,5-6,15H2,1H3,(H,18,19). The first-order valence-corrected chi connectivity index (χ1v) is 6.34. The van der Waals surface area contributed by atoms with Gasteiger partial charge in [0.2, 0.25) is 0 Å². The zero-order valence-corrected chi connectivity index (χ0v) is 11.3. The Hall–Kier alpha value is -1.75.